The van der Waals surface area contributed by atoms with E-state index >= 15 is 0 Å². The Balaban J connectivity index is 1.43. The topological polar surface area (TPSA) is 55.1 Å². The monoisotopic (exact) mass is 407 g/mol. The highest BCUT2D eigenvalue weighted by Crippen LogP contribution is 2.60. The van der Waals surface area contributed by atoms with Crippen LogP contribution in [0.2, 0.25) is 5.02 Å². The Morgan fingerprint density at radius 1 is 1.00 bits per heavy atom. The number of aryl methyl sites for hydroxylation is 2. The fourth-order valence-electron chi connectivity index (χ4n) is 6.54. The largest absolute Gasteiger partial charge is 0.339 e. The minimum Gasteiger partial charge on any atom is -0.339 e. The first-order valence-corrected chi connectivity index (χ1v) is 11.1. The van der Waals surface area contributed by atoms with Crippen LogP contribution in [-0.4, -0.2) is 19.6 Å². The van der Waals surface area contributed by atoms with Gasteiger partial charge in [0.25, 0.3) is 5.78 Å². The van der Waals surface area contributed by atoms with Gasteiger partial charge in [0.1, 0.15) is 5.82 Å². The van der Waals surface area contributed by atoms with Crippen LogP contribution in [0.25, 0.3) is 5.78 Å². The Labute approximate surface area is 175 Å². The molecule has 0 spiro atoms. The van der Waals surface area contributed by atoms with Gasteiger partial charge in [-0.05, 0) is 87.8 Å². The number of hydrogen-bond donors (Lipinski definition) is 1. The molecule has 7 rings (SSSR count). The SMILES string of the molecule is Cc1ccc(Nc2cc(C)nc3nc(C45CC6CC(CC(C6)C4)C5)nn23)c(Cl)c1. The molecular formula is C23H26ClN5. The number of aromatic nitrogens is 4. The Hall–Kier alpha value is -2.14. The van der Waals surface area contributed by atoms with E-state index < -0.39 is 0 Å². The first-order valence-electron chi connectivity index (χ1n) is 10.8. The number of hydrogen-bond acceptors (Lipinski definition) is 4. The Bertz CT molecular complexity index is 1080. The van der Waals surface area contributed by atoms with E-state index in [1.807, 2.05) is 36.6 Å². The van der Waals surface area contributed by atoms with E-state index in [0.29, 0.717) is 10.8 Å². The summed E-state index contributed by atoms with van der Waals surface area (Å²) in [5, 5.41) is 9.19. The molecule has 6 heteroatoms. The number of fused-ring (bicyclic) bond motifs is 1. The lowest BCUT2D eigenvalue weighted by molar-refractivity contribution is -0.00925. The number of benzene rings is 1. The number of halogens is 1. The summed E-state index contributed by atoms with van der Waals surface area (Å²) in [4.78, 5) is 9.65. The summed E-state index contributed by atoms with van der Waals surface area (Å²) in [5.74, 6) is 5.15. The van der Waals surface area contributed by atoms with Gasteiger partial charge in [0, 0.05) is 17.2 Å². The van der Waals surface area contributed by atoms with Gasteiger partial charge < -0.3 is 5.32 Å². The van der Waals surface area contributed by atoms with Crippen molar-refractivity contribution in [2.75, 3.05) is 5.32 Å². The normalized spacial score (nSPS) is 30.2. The first kappa shape index (κ1) is 17.7. The predicted octanol–water partition coefficient (Wildman–Crippen LogP) is 5.61. The van der Waals surface area contributed by atoms with Crippen LogP contribution in [-0.2, 0) is 5.41 Å². The van der Waals surface area contributed by atoms with E-state index in [-0.39, 0.29) is 5.41 Å². The smallest absolute Gasteiger partial charge is 0.254 e. The van der Waals surface area contributed by atoms with Crippen LogP contribution in [0.5, 0.6) is 0 Å². The van der Waals surface area contributed by atoms with Gasteiger partial charge in [-0.3, -0.25) is 0 Å². The Morgan fingerprint density at radius 2 is 1.69 bits per heavy atom. The number of nitrogens with one attached hydrogen (secondary N) is 1. The molecule has 4 aliphatic rings. The average molecular weight is 408 g/mol. The van der Waals surface area contributed by atoms with Gasteiger partial charge in [0.2, 0.25) is 0 Å². The molecule has 0 saturated heterocycles. The maximum absolute atomic E-state index is 6.46. The van der Waals surface area contributed by atoms with Crippen LogP contribution < -0.4 is 5.32 Å². The van der Waals surface area contributed by atoms with Gasteiger partial charge in [-0.2, -0.15) is 9.50 Å². The maximum atomic E-state index is 6.46. The van der Waals surface area contributed by atoms with Crippen LogP contribution in [0.1, 0.15) is 55.6 Å². The van der Waals surface area contributed by atoms with E-state index in [1.54, 1.807) is 0 Å². The summed E-state index contributed by atoms with van der Waals surface area (Å²) < 4.78 is 1.87. The molecule has 4 fully saturated rings. The lowest BCUT2D eigenvalue weighted by Gasteiger charge is -2.55. The number of anilines is 2. The molecule has 4 saturated carbocycles. The van der Waals surface area contributed by atoms with E-state index in [0.717, 1.165) is 46.3 Å². The predicted molar refractivity (Wildman–Crippen MR) is 115 cm³/mol. The van der Waals surface area contributed by atoms with Gasteiger partial charge in [-0.15, -0.1) is 5.10 Å². The van der Waals surface area contributed by atoms with E-state index in [9.17, 15) is 0 Å². The molecular weight excluding hydrogens is 382 g/mol. The molecule has 2 heterocycles. The fourth-order valence-corrected chi connectivity index (χ4v) is 6.83. The molecule has 4 bridgehead atoms. The zero-order valence-corrected chi connectivity index (χ0v) is 17.7. The van der Waals surface area contributed by atoms with Gasteiger partial charge in [-0.1, -0.05) is 17.7 Å². The second-order valence-electron chi connectivity index (χ2n) is 9.74. The molecule has 1 aromatic carbocycles. The van der Waals surface area contributed by atoms with Gasteiger partial charge in [-0.25, -0.2) is 4.98 Å². The quantitative estimate of drug-likeness (QED) is 0.613. The average Bonchev–Trinajstić information content (AvgIpc) is 3.08. The van der Waals surface area contributed by atoms with Crippen molar-refractivity contribution in [1.29, 1.82) is 0 Å². The lowest BCUT2D eigenvalue weighted by Crippen LogP contribution is -2.49. The van der Waals surface area contributed by atoms with E-state index in [1.165, 1.54) is 38.5 Å². The number of nitrogens with zero attached hydrogens (tertiary/aromatic N) is 4. The molecule has 0 amide bonds. The van der Waals surface area contributed by atoms with Crippen molar-refractivity contribution in [1.82, 2.24) is 19.6 Å². The first-order chi connectivity index (χ1) is 14.0. The zero-order valence-electron chi connectivity index (χ0n) is 17.0. The molecule has 0 aliphatic heterocycles. The van der Waals surface area contributed by atoms with Crippen molar-refractivity contribution in [2.45, 2.75) is 57.8 Å². The van der Waals surface area contributed by atoms with Crippen LogP contribution in [0.15, 0.2) is 24.3 Å². The fraction of sp³-hybridized carbons (Fsp3) is 0.522. The maximum Gasteiger partial charge on any atom is 0.254 e. The summed E-state index contributed by atoms with van der Waals surface area (Å²) >= 11 is 6.46. The Kier molecular flexibility index (Phi) is 3.77. The minimum absolute atomic E-state index is 0.162. The molecule has 150 valence electrons. The molecule has 3 aromatic rings. The van der Waals surface area contributed by atoms with Crippen molar-refractivity contribution in [3.05, 3.63) is 46.4 Å². The van der Waals surface area contributed by atoms with E-state index in [2.05, 4.69) is 16.4 Å². The third-order valence-electron chi connectivity index (χ3n) is 7.34. The summed E-state index contributed by atoms with van der Waals surface area (Å²) in [6.45, 7) is 4.04. The summed E-state index contributed by atoms with van der Waals surface area (Å²) in [7, 11) is 0. The third kappa shape index (κ3) is 2.85. The second-order valence-corrected chi connectivity index (χ2v) is 10.1. The van der Waals surface area contributed by atoms with Crippen LogP contribution >= 0.6 is 11.6 Å². The third-order valence-corrected chi connectivity index (χ3v) is 7.65. The molecule has 1 N–H and O–H groups in total. The van der Waals surface area contributed by atoms with Crippen molar-refractivity contribution in [3.8, 4) is 0 Å². The molecule has 0 atom stereocenters. The van der Waals surface area contributed by atoms with Crippen molar-refractivity contribution < 1.29 is 0 Å². The van der Waals surface area contributed by atoms with Gasteiger partial charge >= 0.3 is 0 Å². The summed E-state index contributed by atoms with van der Waals surface area (Å²) in [6, 6.07) is 8.05. The highest BCUT2D eigenvalue weighted by molar-refractivity contribution is 6.33. The van der Waals surface area contributed by atoms with Gasteiger partial charge in [0.15, 0.2) is 5.82 Å². The highest BCUT2D eigenvalue weighted by Gasteiger charge is 2.53. The van der Waals surface area contributed by atoms with E-state index in [4.69, 9.17) is 21.7 Å². The standard InChI is InChI=1S/C23H26ClN5/c1-13-3-4-19(18(24)5-13)26-20-6-14(2)25-22-27-21(28-29(20)22)23-10-15-7-16(11-23)9-17(8-15)12-23/h3-6,15-17,26H,7-12H2,1-2H3. The summed E-state index contributed by atoms with van der Waals surface area (Å²) in [5.41, 5.74) is 3.10. The summed E-state index contributed by atoms with van der Waals surface area (Å²) in [6.07, 6.45) is 8.01. The molecule has 5 nitrogen and oxygen atoms in total. The second kappa shape index (κ2) is 6.18. The minimum atomic E-state index is 0.162. The van der Waals surface area contributed by atoms with Crippen LogP contribution in [0.3, 0.4) is 0 Å². The molecule has 0 radical (unpaired) electrons. The molecule has 4 aliphatic carbocycles. The van der Waals surface area contributed by atoms with Crippen molar-refractivity contribution in [3.63, 3.8) is 0 Å². The van der Waals surface area contributed by atoms with Gasteiger partial charge in [0.05, 0.1) is 10.7 Å². The molecule has 0 unspecified atom stereocenters. The van der Waals surface area contributed by atoms with Crippen LogP contribution in [0, 0.1) is 31.6 Å². The molecule has 2 aromatic heterocycles. The van der Waals surface area contributed by atoms with Crippen LogP contribution in [0.4, 0.5) is 11.5 Å². The molecule has 29 heavy (non-hydrogen) atoms. The zero-order chi connectivity index (χ0) is 19.8. The van der Waals surface area contributed by atoms with Crippen molar-refractivity contribution in [2.24, 2.45) is 17.8 Å². The highest BCUT2D eigenvalue weighted by atomic mass is 35.5. The van der Waals surface area contributed by atoms with Crippen molar-refractivity contribution >= 4 is 28.9 Å². The lowest BCUT2D eigenvalue weighted by atomic mass is 9.49. The number of rotatable bonds is 3. The Morgan fingerprint density at radius 3 is 2.34 bits per heavy atom.